The van der Waals surface area contributed by atoms with Gasteiger partial charge >= 0.3 is 0 Å². The van der Waals surface area contributed by atoms with Gasteiger partial charge in [0.15, 0.2) is 5.82 Å². The van der Waals surface area contributed by atoms with E-state index in [1.54, 1.807) is 36.9 Å². The number of carbonyl (C=O) groups is 1. The number of carbonyl (C=O) groups excluding carboxylic acids is 1. The summed E-state index contributed by atoms with van der Waals surface area (Å²) in [5.41, 5.74) is 1.50. The molecule has 128 valence electrons. The monoisotopic (exact) mass is 337 g/mol. The number of ether oxygens (including phenoxy) is 1. The second-order valence-electron chi connectivity index (χ2n) is 5.39. The first-order valence-electron chi connectivity index (χ1n) is 8.03. The molecule has 0 atom stereocenters. The highest BCUT2D eigenvalue weighted by molar-refractivity contribution is 5.94. The van der Waals surface area contributed by atoms with Crippen molar-refractivity contribution in [3.63, 3.8) is 0 Å². The standard InChI is InChI=1S/C18H19N5O2/c1-2-23-13-21-22-17(23)11-20-18(24)15-6-3-7-16(9-15)25-12-14-5-4-8-19-10-14/h3-10,13H,2,11-12H2,1H3,(H,20,24). The molecule has 3 aromatic rings. The lowest BCUT2D eigenvalue weighted by atomic mass is 10.2. The second-order valence-corrected chi connectivity index (χ2v) is 5.39. The van der Waals surface area contributed by atoms with Gasteiger partial charge in [0.05, 0.1) is 6.54 Å². The highest BCUT2D eigenvalue weighted by Crippen LogP contribution is 2.15. The SMILES string of the molecule is CCn1cnnc1CNC(=O)c1cccc(OCc2cccnc2)c1. The van der Waals surface area contributed by atoms with Crippen molar-refractivity contribution in [2.75, 3.05) is 0 Å². The minimum Gasteiger partial charge on any atom is -0.489 e. The first-order valence-corrected chi connectivity index (χ1v) is 8.03. The molecule has 2 aromatic heterocycles. The molecule has 0 radical (unpaired) electrons. The van der Waals surface area contributed by atoms with Crippen LogP contribution in [-0.4, -0.2) is 25.7 Å². The van der Waals surface area contributed by atoms with Gasteiger partial charge in [-0.25, -0.2) is 0 Å². The molecular formula is C18H19N5O2. The fourth-order valence-electron chi connectivity index (χ4n) is 2.32. The molecule has 0 aliphatic carbocycles. The Morgan fingerprint density at radius 2 is 2.20 bits per heavy atom. The predicted molar refractivity (Wildman–Crippen MR) is 91.9 cm³/mol. The number of amides is 1. The summed E-state index contributed by atoms with van der Waals surface area (Å²) < 4.78 is 7.61. The molecule has 2 heterocycles. The van der Waals surface area contributed by atoms with Crippen LogP contribution >= 0.6 is 0 Å². The number of aryl methyl sites for hydroxylation is 1. The van der Waals surface area contributed by atoms with E-state index in [2.05, 4.69) is 20.5 Å². The maximum absolute atomic E-state index is 12.3. The highest BCUT2D eigenvalue weighted by atomic mass is 16.5. The van der Waals surface area contributed by atoms with Gasteiger partial charge in [0, 0.05) is 30.1 Å². The van der Waals surface area contributed by atoms with Crippen LogP contribution in [0.1, 0.15) is 28.7 Å². The van der Waals surface area contributed by atoms with Gasteiger partial charge in [-0.3, -0.25) is 9.78 Å². The lowest BCUT2D eigenvalue weighted by Crippen LogP contribution is -2.24. The fourth-order valence-corrected chi connectivity index (χ4v) is 2.32. The minimum atomic E-state index is -0.183. The van der Waals surface area contributed by atoms with Crippen molar-refractivity contribution >= 4 is 5.91 Å². The van der Waals surface area contributed by atoms with Crippen LogP contribution in [0.4, 0.5) is 0 Å². The molecule has 1 N–H and O–H groups in total. The average Bonchev–Trinajstić information content (AvgIpc) is 3.13. The molecule has 0 spiro atoms. The first kappa shape index (κ1) is 16.6. The van der Waals surface area contributed by atoms with Crippen LogP contribution in [0.15, 0.2) is 55.1 Å². The van der Waals surface area contributed by atoms with Gasteiger partial charge in [-0.2, -0.15) is 0 Å². The molecule has 3 rings (SSSR count). The molecule has 0 saturated heterocycles. The van der Waals surface area contributed by atoms with Gasteiger partial charge in [-0.05, 0) is 31.2 Å². The fraction of sp³-hybridized carbons (Fsp3) is 0.222. The van der Waals surface area contributed by atoms with Crippen molar-refractivity contribution in [1.29, 1.82) is 0 Å². The average molecular weight is 337 g/mol. The molecule has 0 bridgehead atoms. The molecule has 0 unspecified atom stereocenters. The maximum Gasteiger partial charge on any atom is 0.251 e. The zero-order valence-corrected chi connectivity index (χ0v) is 13.9. The number of hydrogen-bond donors (Lipinski definition) is 1. The number of nitrogens with one attached hydrogen (secondary N) is 1. The molecule has 7 nitrogen and oxygen atoms in total. The largest absolute Gasteiger partial charge is 0.489 e. The van der Waals surface area contributed by atoms with E-state index in [1.165, 1.54) is 0 Å². The lowest BCUT2D eigenvalue weighted by Gasteiger charge is -2.09. The number of nitrogens with zero attached hydrogens (tertiary/aromatic N) is 4. The van der Waals surface area contributed by atoms with E-state index in [4.69, 9.17) is 4.74 Å². The van der Waals surface area contributed by atoms with E-state index < -0.39 is 0 Å². The van der Waals surface area contributed by atoms with E-state index in [9.17, 15) is 4.79 Å². The Kier molecular flexibility index (Phi) is 5.36. The number of pyridine rings is 1. The van der Waals surface area contributed by atoms with Crippen LogP contribution in [0.2, 0.25) is 0 Å². The Morgan fingerprint density at radius 1 is 1.28 bits per heavy atom. The van der Waals surface area contributed by atoms with Gasteiger partial charge < -0.3 is 14.6 Å². The van der Waals surface area contributed by atoms with Crippen LogP contribution in [-0.2, 0) is 19.7 Å². The zero-order chi connectivity index (χ0) is 17.5. The molecule has 0 aliphatic heterocycles. The van der Waals surface area contributed by atoms with Gasteiger partial charge in [-0.15, -0.1) is 10.2 Å². The third-order valence-electron chi connectivity index (χ3n) is 3.67. The highest BCUT2D eigenvalue weighted by Gasteiger charge is 2.09. The Morgan fingerprint density at radius 3 is 3.00 bits per heavy atom. The quantitative estimate of drug-likeness (QED) is 0.715. The predicted octanol–water partition coefficient (Wildman–Crippen LogP) is 2.20. The molecular weight excluding hydrogens is 318 g/mol. The summed E-state index contributed by atoms with van der Waals surface area (Å²) in [6, 6.07) is 10.9. The van der Waals surface area contributed by atoms with Crippen molar-refractivity contribution in [2.45, 2.75) is 26.6 Å². The lowest BCUT2D eigenvalue weighted by molar-refractivity contribution is 0.0949. The number of rotatable bonds is 7. The molecule has 1 amide bonds. The third kappa shape index (κ3) is 4.41. The van der Waals surface area contributed by atoms with Gasteiger partial charge in [0.1, 0.15) is 18.7 Å². The molecule has 7 heteroatoms. The second kappa shape index (κ2) is 8.05. The third-order valence-corrected chi connectivity index (χ3v) is 3.67. The van der Waals surface area contributed by atoms with Crippen molar-refractivity contribution in [1.82, 2.24) is 25.1 Å². The summed E-state index contributed by atoms with van der Waals surface area (Å²) in [7, 11) is 0. The van der Waals surface area contributed by atoms with Crippen LogP contribution in [0, 0.1) is 0 Å². The van der Waals surface area contributed by atoms with E-state index in [-0.39, 0.29) is 5.91 Å². The minimum absolute atomic E-state index is 0.183. The van der Waals surface area contributed by atoms with Crippen LogP contribution in [0.3, 0.4) is 0 Å². The summed E-state index contributed by atoms with van der Waals surface area (Å²) in [6.45, 7) is 3.49. The zero-order valence-electron chi connectivity index (χ0n) is 13.9. The van der Waals surface area contributed by atoms with Crippen LogP contribution < -0.4 is 10.1 Å². The van der Waals surface area contributed by atoms with E-state index >= 15 is 0 Å². The summed E-state index contributed by atoms with van der Waals surface area (Å²) in [4.78, 5) is 16.4. The molecule has 0 fully saturated rings. The van der Waals surface area contributed by atoms with E-state index in [0.717, 1.165) is 17.9 Å². The smallest absolute Gasteiger partial charge is 0.251 e. The Labute approximate surface area is 145 Å². The van der Waals surface area contributed by atoms with E-state index in [1.807, 2.05) is 29.7 Å². The van der Waals surface area contributed by atoms with Crippen molar-refractivity contribution in [3.05, 3.63) is 72.1 Å². The number of aromatic nitrogens is 4. The summed E-state index contributed by atoms with van der Waals surface area (Å²) >= 11 is 0. The van der Waals surface area contributed by atoms with Gasteiger partial charge in [-0.1, -0.05) is 12.1 Å². The number of benzene rings is 1. The number of hydrogen-bond acceptors (Lipinski definition) is 5. The first-order chi connectivity index (χ1) is 12.3. The summed E-state index contributed by atoms with van der Waals surface area (Å²) in [5, 5.41) is 10.7. The molecule has 25 heavy (non-hydrogen) atoms. The Hall–Kier alpha value is -3.22. The van der Waals surface area contributed by atoms with Crippen LogP contribution in [0.5, 0.6) is 5.75 Å². The molecule has 0 saturated carbocycles. The summed E-state index contributed by atoms with van der Waals surface area (Å²) in [6.07, 6.45) is 5.11. The summed E-state index contributed by atoms with van der Waals surface area (Å²) in [5.74, 6) is 1.17. The normalized spacial score (nSPS) is 10.4. The van der Waals surface area contributed by atoms with Gasteiger partial charge in [0.2, 0.25) is 0 Å². The maximum atomic E-state index is 12.3. The van der Waals surface area contributed by atoms with Gasteiger partial charge in [0.25, 0.3) is 5.91 Å². The van der Waals surface area contributed by atoms with Crippen molar-refractivity contribution in [3.8, 4) is 5.75 Å². The van der Waals surface area contributed by atoms with Crippen LogP contribution in [0.25, 0.3) is 0 Å². The Bertz CT molecular complexity index is 832. The Balaban J connectivity index is 1.59. The molecule has 1 aromatic carbocycles. The topological polar surface area (TPSA) is 81.9 Å². The molecule has 0 aliphatic rings. The van der Waals surface area contributed by atoms with E-state index in [0.29, 0.717) is 24.5 Å². The van der Waals surface area contributed by atoms with Crippen molar-refractivity contribution < 1.29 is 9.53 Å². The van der Waals surface area contributed by atoms with Crippen molar-refractivity contribution in [2.24, 2.45) is 0 Å².